The van der Waals surface area contributed by atoms with Gasteiger partial charge in [0.2, 0.25) is 0 Å². The first-order chi connectivity index (χ1) is 8.63. The van der Waals surface area contributed by atoms with E-state index in [1.165, 1.54) is 24.2 Å². The minimum Gasteiger partial charge on any atom is -0.480 e. The van der Waals surface area contributed by atoms with Crippen molar-refractivity contribution in [3.8, 4) is 0 Å². The molecule has 2 atom stereocenters. The third-order valence-electron chi connectivity index (χ3n) is 4.22. The Balaban J connectivity index is 2.04. The first-order valence-corrected chi connectivity index (χ1v) is 6.90. The van der Waals surface area contributed by atoms with E-state index in [0.717, 1.165) is 19.4 Å². The van der Waals surface area contributed by atoms with Gasteiger partial charge in [0.1, 0.15) is 6.54 Å². The molecule has 0 aromatic rings. The highest BCUT2D eigenvalue weighted by Gasteiger charge is 2.38. The van der Waals surface area contributed by atoms with Crippen molar-refractivity contribution in [2.24, 2.45) is 5.92 Å². The largest absolute Gasteiger partial charge is 0.480 e. The lowest BCUT2D eigenvalue weighted by Gasteiger charge is -2.40. The van der Waals surface area contributed by atoms with Gasteiger partial charge in [0, 0.05) is 19.1 Å². The summed E-state index contributed by atoms with van der Waals surface area (Å²) in [6.45, 7) is 2.88. The summed E-state index contributed by atoms with van der Waals surface area (Å²) in [5.41, 5.74) is 0. The zero-order valence-corrected chi connectivity index (χ0v) is 11.0. The van der Waals surface area contributed by atoms with E-state index in [1.807, 2.05) is 11.8 Å². The molecule has 0 radical (unpaired) electrons. The summed E-state index contributed by atoms with van der Waals surface area (Å²) in [7, 11) is 0. The number of carbonyl (C=O) groups excluding carboxylic acids is 1. The van der Waals surface area contributed by atoms with Gasteiger partial charge in [0.05, 0.1) is 0 Å². The summed E-state index contributed by atoms with van der Waals surface area (Å²) in [6, 6.07) is 0.269. The quantitative estimate of drug-likeness (QED) is 0.835. The Morgan fingerprint density at radius 1 is 1.28 bits per heavy atom. The fraction of sp³-hybridized carbons (Fsp3) is 0.846. The molecule has 2 amide bonds. The molecule has 0 spiro atoms. The molecule has 1 aliphatic carbocycles. The highest BCUT2D eigenvalue weighted by Crippen LogP contribution is 2.37. The molecule has 1 heterocycles. The molecule has 1 N–H and O–H groups in total. The maximum atomic E-state index is 12.4. The molecule has 2 unspecified atom stereocenters. The number of hydrogen-bond donors (Lipinski definition) is 1. The van der Waals surface area contributed by atoms with Crippen LogP contribution in [0.25, 0.3) is 0 Å². The predicted molar refractivity (Wildman–Crippen MR) is 67.3 cm³/mol. The van der Waals surface area contributed by atoms with E-state index < -0.39 is 5.97 Å². The van der Waals surface area contributed by atoms with Crippen LogP contribution in [0.4, 0.5) is 4.79 Å². The molecule has 1 saturated heterocycles. The number of nitrogens with zero attached hydrogens (tertiary/aromatic N) is 2. The van der Waals surface area contributed by atoms with Crippen LogP contribution in [0.15, 0.2) is 0 Å². The molecule has 102 valence electrons. The third-order valence-corrected chi connectivity index (χ3v) is 4.22. The van der Waals surface area contributed by atoms with Crippen LogP contribution in [0, 0.1) is 5.92 Å². The lowest BCUT2D eigenvalue weighted by molar-refractivity contribution is -0.137. The van der Waals surface area contributed by atoms with E-state index in [1.54, 1.807) is 0 Å². The number of piperidine rings is 1. The van der Waals surface area contributed by atoms with Gasteiger partial charge in [-0.05, 0) is 38.5 Å². The smallest absolute Gasteiger partial charge is 0.323 e. The third kappa shape index (κ3) is 2.60. The van der Waals surface area contributed by atoms with Crippen molar-refractivity contribution in [2.45, 2.75) is 45.1 Å². The maximum absolute atomic E-state index is 12.4. The average Bonchev–Trinajstić information content (AvgIpc) is 2.82. The van der Waals surface area contributed by atoms with Crippen LogP contribution in [-0.4, -0.2) is 52.6 Å². The minimum atomic E-state index is -0.940. The Bertz CT molecular complexity index is 332. The van der Waals surface area contributed by atoms with Crippen LogP contribution in [0.2, 0.25) is 0 Å². The van der Waals surface area contributed by atoms with Crippen molar-refractivity contribution in [3.63, 3.8) is 0 Å². The zero-order valence-electron chi connectivity index (χ0n) is 11.0. The van der Waals surface area contributed by atoms with Crippen molar-refractivity contribution >= 4 is 12.0 Å². The summed E-state index contributed by atoms with van der Waals surface area (Å²) in [6.07, 6.45) is 5.78. The first kappa shape index (κ1) is 13.2. The number of aliphatic carboxylic acids is 1. The topological polar surface area (TPSA) is 60.9 Å². The summed E-state index contributed by atoms with van der Waals surface area (Å²) in [5, 5.41) is 8.84. The van der Waals surface area contributed by atoms with Gasteiger partial charge in [-0.3, -0.25) is 4.79 Å². The van der Waals surface area contributed by atoms with Gasteiger partial charge in [-0.25, -0.2) is 4.79 Å². The van der Waals surface area contributed by atoms with E-state index in [9.17, 15) is 9.59 Å². The van der Waals surface area contributed by atoms with E-state index in [2.05, 4.69) is 0 Å². The van der Waals surface area contributed by atoms with Gasteiger partial charge >= 0.3 is 12.0 Å². The summed E-state index contributed by atoms with van der Waals surface area (Å²) in [5.74, 6) is -0.295. The molecule has 1 saturated carbocycles. The number of amides is 2. The molecule has 5 nitrogen and oxygen atoms in total. The van der Waals surface area contributed by atoms with Gasteiger partial charge in [-0.2, -0.15) is 0 Å². The van der Waals surface area contributed by atoms with Crippen molar-refractivity contribution in [2.75, 3.05) is 19.6 Å². The van der Waals surface area contributed by atoms with Crippen LogP contribution < -0.4 is 0 Å². The fourth-order valence-electron chi connectivity index (χ4n) is 3.35. The van der Waals surface area contributed by atoms with Gasteiger partial charge in [0.15, 0.2) is 0 Å². The molecular formula is C13H22N2O3. The van der Waals surface area contributed by atoms with Gasteiger partial charge in [-0.15, -0.1) is 0 Å². The molecule has 0 aromatic heterocycles. The lowest BCUT2D eigenvalue weighted by atomic mass is 9.92. The molecular weight excluding hydrogens is 232 g/mol. The molecule has 0 bridgehead atoms. The number of hydrogen-bond acceptors (Lipinski definition) is 2. The highest BCUT2D eigenvalue weighted by atomic mass is 16.4. The number of fused-ring (bicyclic) bond motifs is 1. The number of rotatable bonds is 3. The number of carbonyl (C=O) groups is 2. The monoisotopic (exact) mass is 254 g/mol. The Kier molecular flexibility index (Phi) is 4.09. The number of urea groups is 1. The van der Waals surface area contributed by atoms with Gasteiger partial charge in [0.25, 0.3) is 0 Å². The SMILES string of the molecule is CCN(CC(=O)O)C(=O)N1CCCC2CCCC21. The van der Waals surface area contributed by atoms with E-state index in [-0.39, 0.29) is 12.6 Å². The van der Waals surface area contributed by atoms with E-state index >= 15 is 0 Å². The summed E-state index contributed by atoms with van der Waals surface area (Å²) < 4.78 is 0. The Morgan fingerprint density at radius 2 is 2.00 bits per heavy atom. The average molecular weight is 254 g/mol. The van der Waals surface area contributed by atoms with Crippen molar-refractivity contribution < 1.29 is 14.7 Å². The fourth-order valence-corrected chi connectivity index (χ4v) is 3.35. The van der Waals surface area contributed by atoms with E-state index in [4.69, 9.17) is 5.11 Å². The highest BCUT2D eigenvalue weighted by molar-refractivity contribution is 5.80. The molecule has 2 rings (SSSR count). The Hall–Kier alpha value is -1.26. The van der Waals surface area contributed by atoms with Crippen LogP contribution in [0.5, 0.6) is 0 Å². The first-order valence-electron chi connectivity index (χ1n) is 6.90. The van der Waals surface area contributed by atoms with Crippen LogP contribution in [0.1, 0.15) is 39.0 Å². The van der Waals surface area contributed by atoms with E-state index in [0.29, 0.717) is 18.5 Å². The summed E-state index contributed by atoms with van der Waals surface area (Å²) >= 11 is 0. The van der Waals surface area contributed by atoms with Crippen molar-refractivity contribution in [3.05, 3.63) is 0 Å². The second-order valence-corrected chi connectivity index (χ2v) is 5.28. The molecule has 5 heteroatoms. The molecule has 1 aliphatic heterocycles. The summed E-state index contributed by atoms with van der Waals surface area (Å²) in [4.78, 5) is 26.5. The van der Waals surface area contributed by atoms with Gasteiger partial charge in [-0.1, -0.05) is 6.42 Å². The number of likely N-dealkylation sites (N-methyl/N-ethyl adjacent to an activating group) is 1. The molecule has 18 heavy (non-hydrogen) atoms. The molecule has 2 fully saturated rings. The molecule has 0 aromatic carbocycles. The Labute approximate surface area is 108 Å². The predicted octanol–water partition coefficient (Wildman–Crippen LogP) is 1.78. The van der Waals surface area contributed by atoms with Crippen LogP contribution in [0.3, 0.4) is 0 Å². The maximum Gasteiger partial charge on any atom is 0.323 e. The normalized spacial score (nSPS) is 26.8. The van der Waals surface area contributed by atoms with Crippen molar-refractivity contribution in [1.29, 1.82) is 0 Å². The zero-order chi connectivity index (χ0) is 13.1. The van der Waals surface area contributed by atoms with Crippen LogP contribution >= 0.6 is 0 Å². The second-order valence-electron chi connectivity index (χ2n) is 5.28. The Morgan fingerprint density at radius 3 is 2.67 bits per heavy atom. The molecule has 2 aliphatic rings. The van der Waals surface area contributed by atoms with Gasteiger partial charge < -0.3 is 14.9 Å². The van der Waals surface area contributed by atoms with Crippen LogP contribution in [-0.2, 0) is 4.79 Å². The van der Waals surface area contributed by atoms with Crippen molar-refractivity contribution in [1.82, 2.24) is 9.80 Å². The minimum absolute atomic E-state index is 0.0866. The lowest BCUT2D eigenvalue weighted by Crippen LogP contribution is -2.52. The standard InChI is InChI=1S/C13H22N2O3/c1-2-14(9-12(16)17)13(18)15-8-4-6-10-5-3-7-11(10)15/h10-11H,2-9H2,1H3,(H,16,17). The number of carboxylic acids is 1. The number of carboxylic acid groups (broad SMARTS) is 1. The number of likely N-dealkylation sites (tertiary alicyclic amines) is 1. The second kappa shape index (κ2) is 5.59.